The Morgan fingerprint density at radius 1 is 0.612 bits per heavy atom. The van der Waals surface area contributed by atoms with Crippen LogP contribution in [0.4, 0.5) is 0 Å². The van der Waals surface area contributed by atoms with Crippen molar-refractivity contribution in [3.05, 3.63) is 96.1 Å². The van der Waals surface area contributed by atoms with Gasteiger partial charge in [0.2, 0.25) is 0 Å². The fourth-order valence-corrected chi connectivity index (χ4v) is 6.23. The third kappa shape index (κ3) is 13.4. The van der Waals surface area contributed by atoms with Crippen molar-refractivity contribution in [3.63, 3.8) is 0 Å². The van der Waals surface area contributed by atoms with Crippen molar-refractivity contribution in [2.45, 2.75) is 87.8 Å². The largest absolute Gasteiger partial charge is 2.00 e. The van der Waals surface area contributed by atoms with E-state index in [0.717, 1.165) is 51.4 Å². The van der Waals surface area contributed by atoms with E-state index in [1.54, 1.807) is 42.5 Å². The van der Waals surface area contributed by atoms with Crippen molar-refractivity contribution in [2.75, 3.05) is 0 Å². The number of benzene rings is 4. The van der Waals surface area contributed by atoms with Gasteiger partial charge in [-0.3, -0.25) is 4.55 Å². The molecule has 0 aromatic heterocycles. The zero-order valence-electron chi connectivity index (χ0n) is 27.8. The average Bonchev–Trinajstić information content (AvgIpc) is 3.04. The van der Waals surface area contributed by atoms with Crippen LogP contribution in [0.1, 0.15) is 76.3 Å². The van der Waals surface area contributed by atoms with Gasteiger partial charge in [-0.1, -0.05) is 113 Å². The fraction of sp³-hybridized carbons (Fsp3) is 0.333. The van der Waals surface area contributed by atoms with E-state index in [9.17, 15) is 36.2 Å². The molecule has 260 valence electrons. The molecule has 10 nitrogen and oxygen atoms in total. The number of aryl methyl sites for hydroxylation is 2. The molecule has 0 spiro atoms. The summed E-state index contributed by atoms with van der Waals surface area (Å²) in [7, 11) is -9.13. The van der Waals surface area contributed by atoms with Crippen LogP contribution in [0.15, 0.2) is 94.7 Å². The van der Waals surface area contributed by atoms with Crippen molar-refractivity contribution in [1.82, 2.24) is 0 Å². The second-order valence-corrected chi connectivity index (χ2v) is 13.9. The van der Waals surface area contributed by atoms with Gasteiger partial charge < -0.3 is 24.2 Å². The summed E-state index contributed by atoms with van der Waals surface area (Å²) in [4.78, 5) is -0.725. The molecule has 0 radical (unpaired) electrons. The number of hydrogen-bond donors (Lipinski definition) is 2. The van der Waals surface area contributed by atoms with E-state index < -0.39 is 25.1 Å². The number of rotatable bonds is 16. The molecule has 4 aromatic carbocycles. The molecule has 0 bridgehead atoms. The first-order valence-electron chi connectivity index (χ1n) is 15.9. The molecule has 0 unspecified atom stereocenters. The molecule has 0 aliphatic rings. The molecule has 4 aromatic rings. The first-order valence-corrected chi connectivity index (χ1v) is 18.8. The summed E-state index contributed by atoms with van der Waals surface area (Å²) in [5.74, 6) is -0.288. The molecule has 0 aliphatic heterocycles. The van der Waals surface area contributed by atoms with Gasteiger partial charge in [0.15, 0.2) is 17.2 Å². The standard InChI is InChI=1S/2C18H22O5S.Ca/c2*1-2-3-4-5-9-14-10-8-13-17(24(20,21)22)18(14)23-16-12-7-6-11-15(16)19;/h2*6-8,10-13,19H,2-5,9H2,1H3,(H,20,21,22);/q;;+2/p-2. The minimum Gasteiger partial charge on any atom is -0.870 e. The number of phenolic OH excluding ortho intramolecular Hbond substituents is 1. The van der Waals surface area contributed by atoms with Gasteiger partial charge in [0.1, 0.15) is 26.5 Å². The third-order valence-corrected chi connectivity index (χ3v) is 9.14. The van der Waals surface area contributed by atoms with Gasteiger partial charge in [-0.05, 0) is 67.1 Å². The van der Waals surface area contributed by atoms with E-state index in [2.05, 4.69) is 13.8 Å². The Bertz CT molecular complexity index is 1710. The van der Waals surface area contributed by atoms with Gasteiger partial charge in [0, 0.05) is 0 Å². The van der Waals surface area contributed by atoms with Gasteiger partial charge in [-0.15, -0.1) is 0 Å². The average molecular weight is 739 g/mol. The van der Waals surface area contributed by atoms with Gasteiger partial charge in [0.05, 0.1) is 4.90 Å². The Hall–Kier alpha value is -2.84. The summed E-state index contributed by atoms with van der Waals surface area (Å²) in [5, 5.41) is 21.7. The van der Waals surface area contributed by atoms with Crippen LogP contribution in [0, 0.1) is 0 Å². The van der Waals surface area contributed by atoms with Crippen LogP contribution < -0.4 is 14.6 Å². The summed E-state index contributed by atoms with van der Waals surface area (Å²) in [5.41, 5.74) is 1.30. The molecule has 0 aliphatic carbocycles. The van der Waals surface area contributed by atoms with Gasteiger partial charge in [-0.2, -0.15) is 8.42 Å². The first-order chi connectivity index (χ1) is 22.9. The minimum atomic E-state index is -4.70. The second-order valence-electron chi connectivity index (χ2n) is 11.2. The van der Waals surface area contributed by atoms with Crippen molar-refractivity contribution >= 4 is 58.0 Å². The minimum absolute atomic E-state index is 0. The second kappa shape index (κ2) is 20.7. The zero-order valence-corrected chi connectivity index (χ0v) is 31.7. The monoisotopic (exact) mass is 738 g/mol. The van der Waals surface area contributed by atoms with Crippen LogP contribution >= 0.6 is 0 Å². The molecule has 0 amide bonds. The van der Waals surface area contributed by atoms with Crippen LogP contribution in [0.5, 0.6) is 34.5 Å². The molecule has 13 heteroatoms. The Balaban J connectivity index is 0.000000333. The number of para-hydroxylation sites is 6. The molecule has 2 N–H and O–H groups in total. The maximum atomic E-state index is 11.8. The SMILES string of the molecule is CCCCCCc1cccc(S(=O)(=O)O)c1Oc1ccccc1O.CCCCCCc1cccc(S(=O)(=O)[O-])c1Oc1ccccc1[O-].[Ca+2]. The quantitative estimate of drug-likeness (QED) is 0.0657. The predicted molar refractivity (Wildman–Crippen MR) is 186 cm³/mol. The van der Waals surface area contributed by atoms with Crippen LogP contribution in [-0.4, -0.2) is 68.8 Å². The number of aromatic hydroxyl groups is 1. The fourth-order valence-electron chi connectivity index (χ4n) is 4.93. The zero-order chi connectivity index (χ0) is 35.2. The molecule has 0 saturated carbocycles. The van der Waals surface area contributed by atoms with Gasteiger partial charge >= 0.3 is 37.7 Å². The van der Waals surface area contributed by atoms with E-state index in [0.29, 0.717) is 24.0 Å². The van der Waals surface area contributed by atoms with Crippen molar-refractivity contribution in [2.24, 2.45) is 0 Å². The molecular formula is C36H42CaO10S2. The van der Waals surface area contributed by atoms with Crippen LogP contribution in [-0.2, 0) is 33.1 Å². The Kier molecular flexibility index (Phi) is 17.9. The van der Waals surface area contributed by atoms with Gasteiger partial charge in [-0.25, -0.2) is 8.42 Å². The van der Waals surface area contributed by atoms with Crippen molar-refractivity contribution in [1.29, 1.82) is 0 Å². The number of unbranched alkanes of at least 4 members (excludes halogenated alkanes) is 6. The number of ether oxygens (including phenoxy) is 2. The Labute approximate surface area is 319 Å². The maximum Gasteiger partial charge on any atom is 2.00 e. The summed E-state index contributed by atoms with van der Waals surface area (Å²) in [6.07, 6.45) is 9.36. The van der Waals surface area contributed by atoms with E-state index in [1.165, 1.54) is 42.5 Å². The predicted octanol–water partition coefficient (Wildman–Crippen LogP) is 7.75. The molecule has 0 fully saturated rings. The molecule has 0 atom stereocenters. The summed E-state index contributed by atoms with van der Waals surface area (Å²) in [6.45, 7) is 4.22. The maximum absolute atomic E-state index is 11.8. The van der Waals surface area contributed by atoms with Gasteiger partial charge in [0.25, 0.3) is 10.1 Å². The van der Waals surface area contributed by atoms with Crippen LogP contribution in [0.3, 0.4) is 0 Å². The van der Waals surface area contributed by atoms with Crippen molar-refractivity contribution in [3.8, 4) is 34.5 Å². The topological polar surface area (TPSA) is 173 Å². The molecule has 4 rings (SSSR count). The molecule has 0 saturated heterocycles. The third-order valence-electron chi connectivity index (χ3n) is 7.41. The molecule has 0 heterocycles. The van der Waals surface area contributed by atoms with E-state index in [1.807, 2.05) is 0 Å². The van der Waals surface area contributed by atoms with Crippen molar-refractivity contribution < 1.29 is 45.6 Å². The normalized spacial score (nSPS) is 11.2. The molecular weight excluding hydrogens is 697 g/mol. The first kappa shape index (κ1) is 42.3. The number of hydrogen-bond acceptors (Lipinski definition) is 9. The number of phenols is 1. The summed E-state index contributed by atoms with van der Waals surface area (Å²) < 4.78 is 78.7. The summed E-state index contributed by atoms with van der Waals surface area (Å²) in [6, 6.07) is 21.4. The summed E-state index contributed by atoms with van der Waals surface area (Å²) >= 11 is 0. The Morgan fingerprint density at radius 2 is 1.08 bits per heavy atom. The van der Waals surface area contributed by atoms with E-state index in [4.69, 9.17) is 9.47 Å². The molecule has 49 heavy (non-hydrogen) atoms. The van der Waals surface area contributed by atoms with E-state index in [-0.39, 0.29) is 77.1 Å². The van der Waals surface area contributed by atoms with Crippen LogP contribution in [0.2, 0.25) is 0 Å². The smallest absolute Gasteiger partial charge is 0.870 e. The van der Waals surface area contributed by atoms with E-state index >= 15 is 0 Å². The van der Waals surface area contributed by atoms with Crippen LogP contribution in [0.25, 0.3) is 0 Å². The Morgan fingerprint density at radius 3 is 1.57 bits per heavy atom.